The van der Waals surface area contributed by atoms with Gasteiger partial charge in [0, 0.05) is 19.6 Å². The molecule has 2 saturated heterocycles. The van der Waals surface area contributed by atoms with Crippen molar-refractivity contribution < 1.29 is 19.4 Å². The molecular weight excluding hydrogens is 210 g/mol. The predicted molar refractivity (Wildman–Crippen MR) is 56.9 cm³/mol. The number of aliphatic hydroxyl groups is 1. The number of ether oxygens (including phenoxy) is 2. The molecule has 5 heteroatoms. The van der Waals surface area contributed by atoms with Gasteiger partial charge in [0.2, 0.25) is 5.91 Å². The molecule has 0 spiro atoms. The van der Waals surface area contributed by atoms with Gasteiger partial charge in [0.1, 0.15) is 5.60 Å². The van der Waals surface area contributed by atoms with Crippen molar-refractivity contribution in [1.82, 2.24) is 5.32 Å². The number of rotatable bonds is 3. The number of amides is 1. The third-order valence-electron chi connectivity index (χ3n) is 3.24. The minimum Gasteiger partial charge on any atom is -0.386 e. The van der Waals surface area contributed by atoms with Crippen molar-refractivity contribution in [3.63, 3.8) is 0 Å². The van der Waals surface area contributed by atoms with Crippen LogP contribution < -0.4 is 5.32 Å². The molecule has 2 heterocycles. The van der Waals surface area contributed by atoms with Crippen LogP contribution in [0.3, 0.4) is 0 Å². The van der Waals surface area contributed by atoms with Crippen molar-refractivity contribution in [3.05, 3.63) is 0 Å². The van der Waals surface area contributed by atoms with Crippen molar-refractivity contribution in [2.75, 3.05) is 26.4 Å². The van der Waals surface area contributed by atoms with Crippen LogP contribution in [0.1, 0.15) is 19.8 Å². The number of hydrogen-bond acceptors (Lipinski definition) is 4. The van der Waals surface area contributed by atoms with E-state index in [4.69, 9.17) is 9.47 Å². The van der Waals surface area contributed by atoms with Gasteiger partial charge in [-0.1, -0.05) is 0 Å². The quantitative estimate of drug-likeness (QED) is 0.696. The van der Waals surface area contributed by atoms with Crippen LogP contribution in [0.2, 0.25) is 0 Å². The molecule has 0 aromatic carbocycles. The number of carbonyl (C=O) groups is 1. The highest BCUT2D eigenvalue weighted by molar-refractivity contribution is 5.79. The Morgan fingerprint density at radius 1 is 1.62 bits per heavy atom. The molecule has 2 aliphatic rings. The Kier molecular flexibility index (Phi) is 3.47. The van der Waals surface area contributed by atoms with Gasteiger partial charge in [0.05, 0.1) is 25.2 Å². The molecule has 0 radical (unpaired) electrons. The average molecular weight is 229 g/mol. The van der Waals surface area contributed by atoms with E-state index in [0.29, 0.717) is 26.2 Å². The Labute approximate surface area is 95.1 Å². The smallest absolute Gasteiger partial charge is 0.225 e. The first kappa shape index (κ1) is 11.8. The fourth-order valence-electron chi connectivity index (χ4n) is 2.13. The lowest BCUT2D eigenvalue weighted by Gasteiger charge is -2.21. The van der Waals surface area contributed by atoms with Crippen LogP contribution >= 0.6 is 0 Å². The van der Waals surface area contributed by atoms with E-state index in [2.05, 4.69) is 5.32 Å². The first-order valence-corrected chi connectivity index (χ1v) is 5.78. The summed E-state index contributed by atoms with van der Waals surface area (Å²) in [5.74, 6) is -0.0920. The Morgan fingerprint density at radius 2 is 2.44 bits per heavy atom. The Bertz CT molecular complexity index is 263. The second-order valence-electron chi connectivity index (χ2n) is 4.82. The molecule has 3 unspecified atom stereocenters. The van der Waals surface area contributed by atoms with Crippen LogP contribution in [0.25, 0.3) is 0 Å². The lowest BCUT2D eigenvalue weighted by molar-refractivity contribution is -0.126. The molecule has 2 aliphatic heterocycles. The van der Waals surface area contributed by atoms with Crippen LogP contribution in [0.4, 0.5) is 0 Å². The van der Waals surface area contributed by atoms with Gasteiger partial charge in [-0.3, -0.25) is 4.79 Å². The first-order chi connectivity index (χ1) is 7.59. The maximum Gasteiger partial charge on any atom is 0.225 e. The van der Waals surface area contributed by atoms with E-state index in [0.717, 1.165) is 6.42 Å². The van der Waals surface area contributed by atoms with Crippen LogP contribution in [0.5, 0.6) is 0 Å². The van der Waals surface area contributed by atoms with Gasteiger partial charge in [0.15, 0.2) is 0 Å². The van der Waals surface area contributed by atoms with Gasteiger partial charge in [-0.15, -0.1) is 0 Å². The van der Waals surface area contributed by atoms with Crippen molar-refractivity contribution >= 4 is 5.91 Å². The van der Waals surface area contributed by atoms with Crippen LogP contribution in [-0.2, 0) is 14.3 Å². The van der Waals surface area contributed by atoms with E-state index < -0.39 is 5.60 Å². The minimum atomic E-state index is -0.874. The zero-order chi connectivity index (χ0) is 11.6. The molecule has 2 rings (SSSR count). The summed E-state index contributed by atoms with van der Waals surface area (Å²) in [5.41, 5.74) is -0.874. The van der Waals surface area contributed by atoms with Crippen molar-refractivity contribution in [3.8, 4) is 0 Å². The molecular formula is C11H19NO4. The molecule has 0 aromatic rings. The fraction of sp³-hybridized carbons (Fsp3) is 0.909. The molecule has 2 N–H and O–H groups in total. The molecule has 16 heavy (non-hydrogen) atoms. The summed E-state index contributed by atoms with van der Waals surface area (Å²) in [4.78, 5) is 11.7. The molecule has 0 aliphatic carbocycles. The van der Waals surface area contributed by atoms with Crippen LogP contribution in [-0.4, -0.2) is 49.1 Å². The molecule has 92 valence electrons. The van der Waals surface area contributed by atoms with Crippen LogP contribution in [0, 0.1) is 5.92 Å². The van der Waals surface area contributed by atoms with Gasteiger partial charge in [-0.05, 0) is 13.3 Å². The number of carbonyl (C=O) groups excluding carboxylic acids is 1. The first-order valence-electron chi connectivity index (χ1n) is 5.78. The second-order valence-corrected chi connectivity index (χ2v) is 4.82. The molecule has 2 fully saturated rings. The standard InChI is InChI=1S/C11H19NO4/c1-8-4-9(5-16-8)10(13)12-6-11(14)2-3-15-7-11/h8-9,14H,2-7H2,1H3,(H,12,13). The van der Waals surface area contributed by atoms with Gasteiger partial charge in [0.25, 0.3) is 0 Å². The van der Waals surface area contributed by atoms with Gasteiger partial charge >= 0.3 is 0 Å². The Hall–Kier alpha value is -0.650. The topological polar surface area (TPSA) is 67.8 Å². The van der Waals surface area contributed by atoms with E-state index in [1.165, 1.54) is 0 Å². The Morgan fingerprint density at radius 3 is 3.00 bits per heavy atom. The molecule has 5 nitrogen and oxygen atoms in total. The maximum atomic E-state index is 11.7. The SMILES string of the molecule is CC1CC(C(=O)NCC2(O)CCOC2)CO1. The number of nitrogens with one attached hydrogen (secondary N) is 1. The average Bonchev–Trinajstić information content (AvgIpc) is 2.85. The molecule has 3 atom stereocenters. The summed E-state index contributed by atoms with van der Waals surface area (Å²) >= 11 is 0. The van der Waals surface area contributed by atoms with E-state index in [-0.39, 0.29) is 24.5 Å². The highest BCUT2D eigenvalue weighted by atomic mass is 16.5. The molecule has 0 bridgehead atoms. The van der Waals surface area contributed by atoms with Crippen molar-refractivity contribution in [1.29, 1.82) is 0 Å². The van der Waals surface area contributed by atoms with Gasteiger partial charge in [-0.2, -0.15) is 0 Å². The lowest BCUT2D eigenvalue weighted by atomic mass is 10.0. The zero-order valence-corrected chi connectivity index (χ0v) is 9.57. The predicted octanol–water partition coefficient (Wildman–Crippen LogP) is -0.321. The summed E-state index contributed by atoms with van der Waals surface area (Å²) in [7, 11) is 0. The van der Waals surface area contributed by atoms with Crippen molar-refractivity contribution in [2.24, 2.45) is 5.92 Å². The molecule has 0 saturated carbocycles. The normalized spacial score (nSPS) is 38.9. The lowest BCUT2D eigenvalue weighted by Crippen LogP contribution is -2.45. The third kappa shape index (κ3) is 2.72. The van der Waals surface area contributed by atoms with Gasteiger partial charge < -0.3 is 19.9 Å². The summed E-state index contributed by atoms with van der Waals surface area (Å²) < 4.78 is 10.4. The van der Waals surface area contributed by atoms with E-state index in [1.807, 2.05) is 6.92 Å². The Balaban J connectivity index is 1.75. The van der Waals surface area contributed by atoms with Crippen molar-refractivity contribution in [2.45, 2.75) is 31.5 Å². The molecule has 1 amide bonds. The highest BCUT2D eigenvalue weighted by Gasteiger charge is 2.34. The largest absolute Gasteiger partial charge is 0.386 e. The van der Waals surface area contributed by atoms with E-state index in [9.17, 15) is 9.90 Å². The highest BCUT2D eigenvalue weighted by Crippen LogP contribution is 2.20. The molecule has 0 aromatic heterocycles. The maximum absolute atomic E-state index is 11.7. The summed E-state index contributed by atoms with van der Waals surface area (Å²) in [6.07, 6.45) is 1.51. The van der Waals surface area contributed by atoms with E-state index >= 15 is 0 Å². The second kappa shape index (κ2) is 4.69. The van der Waals surface area contributed by atoms with Gasteiger partial charge in [-0.25, -0.2) is 0 Å². The minimum absolute atomic E-state index is 0.0234. The zero-order valence-electron chi connectivity index (χ0n) is 9.57. The van der Waals surface area contributed by atoms with Crippen LogP contribution in [0.15, 0.2) is 0 Å². The summed E-state index contributed by atoms with van der Waals surface area (Å²) in [6, 6.07) is 0. The summed E-state index contributed by atoms with van der Waals surface area (Å²) in [5, 5.41) is 12.7. The van der Waals surface area contributed by atoms with E-state index in [1.54, 1.807) is 0 Å². The fourth-order valence-corrected chi connectivity index (χ4v) is 2.13. The third-order valence-corrected chi connectivity index (χ3v) is 3.24. The summed E-state index contributed by atoms with van der Waals surface area (Å²) in [6.45, 7) is 3.60. The number of hydrogen-bond donors (Lipinski definition) is 2. The monoisotopic (exact) mass is 229 g/mol.